The van der Waals surface area contributed by atoms with E-state index in [4.69, 9.17) is 32.8 Å². The van der Waals surface area contributed by atoms with Crippen LogP contribution in [0.1, 0.15) is 22.8 Å². The highest BCUT2D eigenvalue weighted by Gasteiger charge is 2.31. The molecule has 0 bridgehead atoms. The van der Waals surface area contributed by atoms with Crippen molar-refractivity contribution in [2.24, 2.45) is 0 Å². The Hall–Kier alpha value is -2.82. The standard InChI is InChI=1S/C28H34Cl2N6O3/c1-20(33-39-13-10-34-8-11-38-12-9-34)18-35-6-7-36(28(37)21-15-26(29)32-27(30)16-21)23(19-35)14-22-17-31-25-5-3-2-4-24(22)25/h2-5,15-18,23,31,33H,6-14,19H2,1H3/t23-/m1/s1. The monoisotopic (exact) mass is 572 g/mol. The van der Waals surface area contributed by atoms with Crippen molar-refractivity contribution in [2.75, 3.05) is 59.1 Å². The van der Waals surface area contributed by atoms with E-state index in [2.05, 4.69) is 43.6 Å². The van der Waals surface area contributed by atoms with E-state index in [1.807, 2.05) is 30.2 Å². The molecule has 1 atom stereocenters. The van der Waals surface area contributed by atoms with Crippen LogP contribution in [0.5, 0.6) is 0 Å². The lowest BCUT2D eigenvalue weighted by molar-refractivity contribution is 0.00321. The largest absolute Gasteiger partial charge is 0.379 e. The topological polar surface area (TPSA) is 86.0 Å². The Balaban J connectivity index is 1.27. The Kier molecular flexibility index (Phi) is 9.26. The summed E-state index contributed by atoms with van der Waals surface area (Å²) >= 11 is 12.2. The number of nitrogens with zero attached hydrogens (tertiary/aromatic N) is 4. The van der Waals surface area contributed by atoms with E-state index in [0.29, 0.717) is 38.2 Å². The van der Waals surface area contributed by atoms with Gasteiger partial charge >= 0.3 is 0 Å². The van der Waals surface area contributed by atoms with Gasteiger partial charge in [0, 0.05) is 68.1 Å². The quantitative estimate of drug-likeness (QED) is 0.228. The number of benzene rings is 1. The molecule has 5 rings (SSSR count). The minimum atomic E-state index is -0.101. The number of halogens is 2. The van der Waals surface area contributed by atoms with Gasteiger partial charge in [-0.1, -0.05) is 41.4 Å². The van der Waals surface area contributed by atoms with Crippen molar-refractivity contribution < 1.29 is 14.4 Å². The summed E-state index contributed by atoms with van der Waals surface area (Å²) in [5.74, 6) is -0.101. The summed E-state index contributed by atoms with van der Waals surface area (Å²) in [5.41, 5.74) is 6.68. The number of ether oxygens (including phenoxy) is 1. The average Bonchev–Trinajstić information content (AvgIpc) is 3.34. The third-order valence-corrected chi connectivity index (χ3v) is 7.53. The first-order valence-electron chi connectivity index (χ1n) is 13.3. The Morgan fingerprint density at radius 2 is 1.95 bits per heavy atom. The number of morpholine rings is 1. The molecule has 0 saturated carbocycles. The fourth-order valence-corrected chi connectivity index (χ4v) is 5.67. The Bertz CT molecular complexity index is 1290. The number of piperazine rings is 1. The first kappa shape index (κ1) is 27.7. The van der Waals surface area contributed by atoms with E-state index in [1.165, 1.54) is 10.9 Å². The van der Waals surface area contributed by atoms with Crippen molar-refractivity contribution >= 4 is 40.0 Å². The number of allylic oxidation sites excluding steroid dienone is 1. The second-order valence-corrected chi connectivity index (χ2v) is 10.7. The van der Waals surface area contributed by atoms with Crippen LogP contribution >= 0.6 is 23.2 Å². The van der Waals surface area contributed by atoms with Crippen molar-refractivity contribution in [1.29, 1.82) is 0 Å². The highest BCUT2D eigenvalue weighted by molar-refractivity contribution is 6.33. The van der Waals surface area contributed by atoms with Gasteiger partial charge in [-0.2, -0.15) is 0 Å². The van der Waals surface area contributed by atoms with Gasteiger partial charge in [-0.25, -0.2) is 4.98 Å². The van der Waals surface area contributed by atoms with Crippen LogP contribution in [0.2, 0.25) is 10.3 Å². The maximum Gasteiger partial charge on any atom is 0.254 e. The SMILES string of the molecule is CC(=CN1CCN(C(=O)c2cc(Cl)nc(Cl)c2)[C@H](Cc2c[nH]c3ccccc23)C1)NOCCN1CCOCC1. The van der Waals surface area contributed by atoms with Gasteiger partial charge < -0.3 is 19.5 Å². The Labute approximate surface area is 238 Å². The Morgan fingerprint density at radius 1 is 1.18 bits per heavy atom. The van der Waals surface area contributed by atoms with Crippen LogP contribution in [-0.2, 0) is 16.0 Å². The molecule has 2 fully saturated rings. The molecule has 2 aliphatic heterocycles. The molecule has 0 aliphatic carbocycles. The summed E-state index contributed by atoms with van der Waals surface area (Å²) < 4.78 is 5.40. The molecule has 1 amide bonds. The Morgan fingerprint density at radius 3 is 2.74 bits per heavy atom. The van der Waals surface area contributed by atoms with Crippen LogP contribution in [0.4, 0.5) is 0 Å². The number of carbonyl (C=O) groups excluding carboxylic acids is 1. The second kappa shape index (κ2) is 13.0. The molecular weight excluding hydrogens is 539 g/mol. The number of nitrogens with one attached hydrogen (secondary N) is 2. The summed E-state index contributed by atoms with van der Waals surface area (Å²) in [7, 11) is 0. The van der Waals surface area contributed by atoms with Gasteiger partial charge in [0.05, 0.1) is 31.6 Å². The average molecular weight is 574 g/mol. The highest BCUT2D eigenvalue weighted by Crippen LogP contribution is 2.25. The smallest absolute Gasteiger partial charge is 0.254 e. The summed E-state index contributed by atoms with van der Waals surface area (Å²) in [6.07, 6.45) is 4.81. The number of fused-ring (bicyclic) bond motifs is 1. The molecule has 0 unspecified atom stereocenters. The van der Waals surface area contributed by atoms with Gasteiger partial charge in [0.1, 0.15) is 10.3 Å². The molecule has 39 heavy (non-hydrogen) atoms. The molecule has 2 aromatic heterocycles. The van der Waals surface area contributed by atoms with Crippen LogP contribution in [0.15, 0.2) is 54.5 Å². The zero-order valence-corrected chi connectivity index (χ0v) is 23.5. The number of rotatable bonds is 9. The number of hydroxylamine groups is 1. The van der Waals surface area contributed by atoms with Gasteiger partial charge in [-0.05, 0) is 37.1 Å². The number of hydrogen-bond donors (Lipinski definition) is 2. The van der Waals surface area contributed by atoms with Crippen LogP contribution < -0.4 is 5.48 Å². The molecule has 1 aromatic carbocycles. The lowest BCUT2D eigenvalue weighted by Crippen LogP contribution is -2.54. The van der Waals surface area contributed by atoms with Crippen molar-refractivity contribution in [3.8, 4) is 0 Å². The number of aromatic nitrogens is 2. The summed E-state index contributed by atoms with van der Waals surface area (Å²) in [5, 5.41) is 1.57. The third kappa shape index (κ3) is 7.23. The molecular formula is C28H34Cl2N6O3. The predicted molar refractivity (Wildman–Crippen MR) is 153 cm³/mol. The van der Waals surface area contributed by atoms with Crippen LogP contribution in [0.3, 0.4) is 0 Å². The van der Waals surface area contributed by atoms with Gasteiger partial charge in [0.2, 0.25) is 0 Å². The van der Waals surface area contributed by atoms with Crippen LogP contribution in [-0.4, -0.2) is 95.7 Å². The molecule has 3 aromatic rings. The zero-order valence-electron chi connectivity index (χ0n) is 22.0. The zero-order chi connectivity index (χ0) is 27.2. The van der Waals surface area contributed by atoms with Crippen molar-refractivity contribution in [2.45, 2.75) is 19.4 Å². The highest BCUT2D eigenvalue weighted by atomic mass is 35.5. The number of amides is 1. The van der Waals surface area contributed by atoms with Crippen LogP contribution in [0.25, 0.3) is 10.9 Å². The van der Waals surface area contributed by atoms with Crippen molar-refractivity contribution in [3.05, 3.63) is 75.9 Å². The van der Waals surface area contributed by atoms with E-state index in [9.17, 15) is 4.79 Å². The van der Waals surface area contributed by atoms with E-state index in [1.54, 1.807) is 12.1 Å². The molecule has 2 N–H and O–H groups in total. The molecule has 0 spiro atoms. The molecule has 2 saturated heterocycles. The van der Waals surface area contributed by atoms with Gasteiger partial charge in [-0.15, -0.1) is 0 Å². The van der Waals surface area contributed by atoms with E-state index in [0.717, 1.165) is 44.1 Å². The summed E-state index contributed by atoms with van der Waals surface area (Å²) in [4.78, 5) is 33.2. The number of H-pyrrole nitrogens is 1. The summed E-state index contributed by atoms with van der Waals surface area (Å²) in [6, 6.07) is 11.3. The first-order valence-corrected chi connectivity index (χ1v) is 14.0. The maximum atomic E-state index is 13.6. The summed E-state index contributed by atoms with van der Waals surface area (Å²) in [6.45, 7) is 8.80. The normalized spacial score (nSPS) is 19.1. The number of hydrogen-bond acceptors (Lipinski definition) is 7. The van der Waals surface area contributed by atoms with Crippen LogP contribution in [0, 0.1) is 0 Å². The van der Waals surface area contributed by atoms with E-state index in [-0.39, 0.29) is 22.3 Å². The minimum absolute atomic E-state index is 0.0672. The number of pyridine rings is 1. The second-order valence-electron chi connectivity index (χ2n) is 9.93. The number of aromatic amines is 1. The maximum absolute atomic E-state index is 13.6. The first-order chi connectivity index (χ1) is 19.0. The molecule has 0 radical (unpaired) electrons. The number of carbonyl (C=O) groups is 1. The minimum Gasteiger partial charge on any atom is -0.379 e. The fourth-order valence-electron chi connectivity index (χ4n) is 5.21. The van der Waals surface area contributed by atoms with Gasteiger partial charge in [0.25, 0.3) is 5.91 Å². The molecule has 208 valence electrons. The lowest BCUT2D eigenvalue weighted by atomic mass is 10.0. The molecule has 4 heterocycles. The van der Waals surface area contributed by atoms with E-state index < -0.39 is 0 Å². The van der Waals surface area contributed by atoms with E-state index >= 15 is 0 Å². The predicted octanol–water partition coefficient (Wildman–Crippen LogP) is 3.95. The van der Waals surface area contributed by atoms with Crippen molar-refractivity contribution in [3.63, 3.8) is 0 Å². The van der Waals surface area contributed by atoms with Crippen molar-refractivity contribution in [1.82, 2.24) is 30.1 Å². The lowest BCUT2D eigenvalue weighted by Gasteiger charge is -2.41. The van der Waals surface area contributed by atoms with Gasteiger partial charge in [0.15, 0.2) is 0 Å². The van der Waals surface area contributed by atoms with Gasteiger partial charge in [-0.3, -0.25) is 20.0 Å². The molecule has 11 heteroatoms. The third-order valence-electron chi connectivity index (χ3n) is 7.14. The fraction of sp³-hybridized carbons (Fsp3) is 0.429. The molecule has 9 nitrogen and oxygen atoms in total. The molecule has 2 aliphatic rings. The number of para-hydroxylation sites is 1.